The molecule has 0 radical (unpaired) electrons. The fourth-order valence-corrected chi connectivity index (χ4v) is 8.89. The fraction of sp³-hybridized carbons (Fsp3) is 0.655. The van der Waals surface area contributed by atoms with Crippen LogP contribution in [0.5, 0.6) is 0 Å². The van der Waals surface area contributed by atoms with Gasteiger partial charge in [-0.3, -0.25) is 14.4 Å². The van der Waals surface area contributed by atoms with E-state index in [1.807, 2.05) is 0 Å². The number of carbonyl (C=O) groups is 3. The standard InChI is InChI=1S/C55H82O6/c1-3-5-7-9-11-13-15-17-19-21-23-25-27-34-51(56)59-43-49(61-53(58)35-28-26-24-22-20-18-16-14-12-10-8-6-4-2)44-60-52(57)36-30-31-45-37-38-48-40-39-46-32-29-33-47-41-42-50(45)55(48)54(46)47/h29,32-33,37-42,49H,3-28,30-31,34-36,43-44H2,1-2H3. The summed E-state index contributed by atoms with van der Waals surface area (Å²) in [5.74, 6) is -0.959. The summed E-state index contributed by atoms with van der Waals surface area (Å²) in [5, 5.41) is 7.50. The van der Waals surface area contributed by atoms with Crippen molar-refractivity contribution in [2.45, 2.75) is 219 Å². The van der Waals surface area contributed by atoms with Crippen molar-refractivity contribution in [2.24, 2.45) is 0 Å². The van der Waals surface area contributed by atoms with Crippen LogP contribution in [0.2, 0.25) is 0 Å². The van der Waals surface area contributed by atoms with E-state index >= 15 is 0 Å². The van der Waals surface area contributed by atoms with Crippen molar-refractivity contribution >= 4 is 50.2 Å². The van der Waals surface area contributed by atoms with E-state index in [9.17, 15) is 14.4 Å². The van der Waals surface area contributed by atoms with Crippen LogP contribution in [-0.4, -0.2) is 37.2 Å². The van der Waals surface area contributed by atoms with E-state index in [-0.39, 0.29) is 37.5 Å². The van der Waals surface area contributed by atoms with Gasteiger partial charge in [-0.05, 0) is 63.6 Å². The lowest BCUT2D eigenvalue weighted by molar-refractivity contribution is -0.167. The molecular formula is C55H82O6. The summed E-state index contributed by atoms with van der Waals surface area (Å²) in [4.78, 5) is 38.6. The highest BCUT2D eigenvalue weighted by Crippen LogP contribution is 2.36. The topological polar surface area (TPSA) is 78.9 Å². The third-order valence-corrected chi connectivity index (χ3v) is 12.6. The first-order valence-corrected chi connectivity index (χ1v) is 25.2. The molecule has 0 aromatic heterocycles. The molecule has 0 saturated carbocycles. The van der Waals surface area contributed by atoms with E-state index < -0.39 is 6.10 Å². The first-order chi connectivity index (χ1) is 30.0. The maximum absolute atomic E-state index is 13.0. The SMILES string of the molecule is CCCCCCCCCCCCCCCC(=O)OCC(COC(=O)CCCc1ccc2ccc3cccc4ccc1c2c34)OC(=O)CCCCCCCCCCCCCCC. The molecule has 338 valence electrons. The van der Waals surface area contributed by atoms with E-state index in [4.69, 9.17) is 14.2 Å². The van der Waals surface area contributed by atoms with Gasteiger partial charge in [0.1, 0.15) is 13.2 Å². The molecule has 0 N–H and O–H groups in total. The predicted octanol–water partition coefficient (Wildman–Crippen LogP) is 15.9. The second-order valence-corrected chi connectivity index (χ2v) is 17.9. The molecule has 4 rings (SSSR count). The van der Waals surface area contributed by atoms with Crippen molar-refractivity contribution in [1.29, 1.82) is 0 Å². The fourth-order valence-electron chi connectivity index (χ4n) is 8.89. The second kappa shape index (κ2) is 31.2. The zero-order valence-electron chi connectivity index (χ0n) is 38.6. The number of unbranched alkanes of at least 4 members (excludes halogenated alkanes) is 24. The van der Waals surface area contributed by atoms with Gasteiger partial charge in [0.15, 0.2) is 6.10 Å². The highest BCUT2D eigenvalue weighted by molar-refractivity contribution is 6.23. The molecule has 0 saturated heterocycles. The summed E-state index contributed by atoms with van der Waals surface area (Å²) in [6.45, 7) is 4.31. The number of ether oxygens (including phenoxy) is 3. The average molecular weight is 839 g/mol. The Kier molecular flexibility index (Phi) is 25.6. The van der Waals surface area contributed by atoms with Gasteiger partial charge in [0, 0.05) is 19.3 Å². The third kappa shape index (κ3) is 19.9. The van der Waals surface area contributed by atoms with E-state index in [0.717, 1.165) is 44.9 Å². The van der Waals surface area contributed by atoms with Crippen molar-refractivity contribution < 1.29 is 28.6 Å². The summed E-state index contributed by atoms with van der Waals surface area (Å²) in [6.07, 6.45) is 33.8. The normalized spacial score (nSPS) is 12.1. The summed E-state index contributed by atoms with van der Waals surface area (Å²) < 4.78 is 17.0. The number of rotatable bonds is 37. The van der Waals surface area contributed by atoms with Crippen LogP contribution >= 0.6 is 0 Å². The smallest absolute Gasteiger partial charge is 0.306 e. The largest absolute Gasteiger partial charge is 0.462 e. The molecule has 0 aliphatic carbocycles. The molecule has 1 unspecified atom stereocenters. The van der Waals surface area contributed by atoms with Gasteiger partial charge in [-0.25, -0.2) is 0 Å². The number of aryl methyl sites for hydroxylation is 1. The zero-order valence-corrected chi connectivity index (χ0v) is 38.6. The number of carbonyl (C=O) groups excluding carboxylic acids is 3. The minimum absolute atomic E-state index is 0.0996. The van der Waals surface area contributed by atoms with Gasteiger partial charge in [-0.15, -0.1) is 0 Å². The molecule has 0 heterocycles. The van der Waals surface area contributed by atoms with Gasteiger partial charge >= 0.3 is 17.9 Å². The Morgan fingerprint density at radius 1 is 0.410 bits per heavy atom. The Bertz CT molecular complexity index is 1760. The highest BCUT2D eigenvalue weighted by Gasteiger charge is 2.20. The van der Waals surface area contributed by atoms with Crippen LogP contribution in [0.4, 0.5) is 0 Å². The van der Waals surface area contributed by atoms with Crippen molar-refractivity contribution in [3.63, 3.8) is 0 Å². The minimum atomic E-state index is -0.813. The molecule has 0 aliphatic rings. The third-order valence-electron chi connectivity index (χ3n) is 12.6. The van der Waals surface area contributed by atoms with E-state index in [1.165, 1.54) is 166 Å². The van der Waals surface area contributed by atoms with Gasteiger partial charge in [-0.1, -0.05) is 223 Å². The molecule has 0 bridgehead atoms. The lowest BCUT2D eigenvalue weighted by Crippen LogP contribution is -2.30. The van der Waals surface area contributed by atoms with Crippen LogP contribution in [0.15, 0.2) is 54.6 Å². The van der Waals surface area contributed by atoms with Crippen LogP contribution in [0.1, 0.15) is 212 Å². The molecule has 0 fully saturated rings. The maximum atomic E-state index is 13.0. The van der Waals surface area contributed by atoms with Crippen molar-refractivity contribution in [3.05, 3.63) is 60.2 Å². The van der Waals surface area contributed by atoms with E-state index in [2.05, 4.69) is 68.4 Å². The first-order valence-electron chi connectivity index (χ1n) is 25.2. The Morgan fingerprint density at radius 2 is 0.787 bits per heavy atom. The second-order valence-electron chi connectivity index (χ2n) is 17.9. The molecule has 0 aliphatic heterocycles. The number of hydrogen-bond acceptors (Lipinski definition) is 6. The van der Waals surface area contributed by atoms with Crippen molar-refractivity contribution in [2.75, 3.05) is 13.2 Å². The molecule has 0 amide bonds. The zero-order chi connectivity index (χ0) is 43.2. The van der Waals surface area contributed by atoms with E-state index in [0.29, 0.717) is 19.3 Å². The minimum Gasteiger partial charge on any atom is -0.462 e. The molecular weight excluding hydrogens is 757 g/mol. The Balaban J connectivity index is 1.14. The maximum Gasteiger partial charge on any atom is 0.306 e. The summed E-state index contributed by atoms with van der Waals surface area (Å²) in [7, 11) is 0. The average Bonchev–Trinajstić information content (AvgIpc) is 3.27. The van der Waals surface area contributed by atoms with Crippen LogP contribution in [-0.2, 0) is 35.0 Å². The summed E-state index contributed by atoms with van der Waals surface area (Å²) in [6, 6.07) is 19.5. The number of benzene rings is 4. The summed E-state index contributed by atoms with van der Waals surface area (Å²) in [5.41, 5.74) is 1.22. The molecule has 1 atom stereocenters. The van der Waals surface area contributed by atoms with Gasteiger partial charge in [-0.2, -0.15) is 0 Å². The Hall–Kier alpha value is -3.67. The van der Waals surface area contributed by atoms with Crippen molar-refractivity contribution in [1.82, 2.24) is 0 Å². The molecule has 0 spiro atoms. The van der Waals surface area contributed by atoms with E-state index in [1.54, 1.807) is 0 Å². The molecule has 6 heteroatoms. The lowest BCUT2D eigenvalue weighted by Gasteiger charge is -2.18. The van der Waals surface area contributed by atoms with Crippen molar-refractivity contribution in [3.8, 4) is 0 Å². The summed E-state index contributed by atoms with van der Waals surface area (Å²) >= 11 is 0. The monoisotopic (exact) mass is 839 g/mol. The first kappa shape index (κ1) is 50.0. The van der Waals surface area contributed by atoms with Crippen LogP contribution in [0.25, 0.3) is 32.3 Å². The Labute approximate surface area is 370 Å². The number of hydrogen-bond donors (Lipinski definition) is 0. The van der Waals surface area contributed by atoms with Crippen LogP contribution in [0, 0.1) is 0 Å². The van der Waals surface area contributed by atoms with Gasteiger partial charge < -0.3 is 14.2 Å². The molecule has 4 aromatic rings. The molecule has 61 heavy (non-hydrogen) atoms. The highest BCUT2D eigenvalue weighted by atomic mass is 16.6. The lowest BCUT2D eigenvalue weighted by atomic mass is 9.90. The molecule has 4 aromatic carbocycles. The van der Waals surface area contributed by atoms with Gasteiger partial charge in [0.2, 0.25) is 0 Å². The quantitative estimate of drug-likeness (QED) is 0.0195. The predicted molar refractivity (Wildman–Crippen MR) is 256 cm³/mol. The van der Waals surface area contributed by atoms with Crippen LogP contribution < -0.4 is 0 Å². The van der Waals surface area contributed by atoms with Gasteiger partial charge in [0.05, 0.1) is 0 Å². The van der Waals surface area contributed by atoms with Crippen LogP contribution in [0.3, 0.4) is 0 Å². The molecule has 6 nitrogen and oxygen atoms in total. The Morgan fingerprint density at radius 3 is 1.26 bits per heavy atom. The van der Waals surface area contributed by atoms with Gasteiger partial charge in [0.25, 0.3) is 0 Å². The number of esters is 3.